The molecule has 0 saturated carbocycles. The Hall–Kier alpha value is -1.42. The van der Waals surface area contributed by atoms with Crippen LogP contribution in [0.1, 0.15) is 5.89 Å². The van der Waals surface area contributed by atoms with Crippen LogP contribution in [-0.4, -0.2) is 10.1 Å². The van der Waals surface area contributed by atoms with E-state index in [1.807, 2.05) is 0 Å². The summed E-state index contributed by atoms with van der Waals surface area (Å²) in [6, 6.07) is 4.04. The second kappa shape index (κ2) is 2.57. The smallest absolute Gasteiger partial charge is 0.221 e. The maximum absolute atomic E-state index is 12.6. The van der Waals surface area contributed by atoms with Gasteiger partial charge >= 0.3 is 0 Å². The van der Waals surface area contributed by atoms with Crippen LogP contribution < -0.4 is 0 Å². The molecule has 12 heavy (non-hydrogen) atoms. The van der Waals surface area contributed by atoms with Gasteiger partial charge in [0, 0.05) is 6.07 Å². The van der Waals surface area contributed by atoms with Crippen LogP contribution in [0.3, 0.4) is 0 Å². The predicted octanol–water partition coefficient (Wildman–Crippen LogP) is 1.46. The Balaban J connectivity index is 2.67. The van der Waals surface area contributed by atoms with E-state index in [9.17, 15) is 4.39 Å². The SMILES string of the molecule is OCc1nc2ccc(F)cc2o1. The minimum absolute atomic E-state index is 0.204. The Morgan fingerprint density at radius 3 is 3.08 bits per heavy atom. The summed E-state index contributed by atoms with van der Waals surface area (Å²) in [5.41, 5.74) is 0.916. The summed E-state index contributed by atoms with van der Waals surface area (Å²) >= 11 is 0. The molecule has 2 rings (SSSR count). The normalized spacial score (nSPS) is 10.8. The Bertz CT molecular complexity index is 410. The molecular weight excluding hydrogens is 161 g/mol. The zero-order valence-electron chi connectivity index (χ0n) is 6.12. The Morgan fingerprint density at radius 1 is 1.50 bits per heavy atom. The monoisotopic (exact) mass is 167 g/mol. The van der Waals surface area contributed by atoms with E-state index in [1.54, 1.807) is 0 Å². The summed E-state index contributed by atoms with van der Waals surface area (Å²) in [6.07, 6.45) is 0. The van der Waals surface area contributed by atoms with E-state index >= 15 is 0 Å². The zero-order chi connectivity index (χ0) is 8.55. The van der Waals surface area contributed by atoms with Gasteiger partial charge in [-0.15, -0.1) is 0 Å². The highest BCUT2D eigenvalue weighted by atomic mass is 19.1. The van der Waals surface area contributed by atoms with Gasteiger partial charge < -0.3 is 9.52 Å². The molecular formula is C8H6FNO2. The standard InChI is InChI=1S/C8H6FNO2/c9-5-1-2-6-7(3-5)12-8(4-11)10-6/h1-3,11H,4H2. The van der Waals surface area contributed by atoms with Crippen molar-refractivity contribution in [3.8, 4) is 0 Å². The number of hydrogen-bond acceptors (Lipinski definition) is 3. The van der Waals surface area contributed by atoms with E-state index < -0.39 is 0 Å². The van der Waals surface area contributed by atoms with Gasteiger partial charge in [0.05, 0.1) is 0 Å². The first-order valence-electron chi connectivity index (χ1n) is 3.45. The fraction of sp³-hybridized carbons (Fsp3) is 0.125. The van der Waals surface area contributed by atoms with Crippen molar-refractivity contribution < 1.29 is 13.9 Å². The number of aromatic nitrogens is 1. The lowest BCUT2D eigenvalue weighted by atomic mass is 10.3. The molecule has 2 aromatic rings. The van der Waals surface area contributed by atoms with Crippen molar-refractivity contribution in [3.63, 3.8) is 0 Å². The number of oxazole rings is 1. The van der Waals surface area contributed by atoms with Gasteiger partial charge in [-0.05, 0) is 12.1 Å². The molecule has 1 aromatic heterocycles. The number of fused-ring (bicyclic) bond motifs is 1. The van der Waals surface area contributed by atoms with Crippen LogP contribution in [0.15, 0.2) is 22.6 Å². The van der Waals surface area contributed by atoms with Crippen LogP contribution >= 0.6 is 0 Å². The highest BCUT2D eigenvalue weighted by molar-refractivity contribution is 5.72. The largest absolute Gasteiger partial charge is 0.438 e. The van der Waals surface area contributed by atoms with Crippen LogP contribution in [0.4, 0.5) is 4.39 Å². The Morgan fingerprint density at radius 2 is 2.33 bits per heavy atom. The molecule has 0 saturated heterocycles. The number of aliphatic hydroxyl groups is 1. The van der Waals surface area contributed by atoms with E-state index in [1.165, 1.54) is 18.2 Å². The van der Waals surface area contributed by atoms with Gasteiger partial charge in [-0.3, -0.25) is 0 Å². The summed E-state index contributed by atoms with van der Waals surface area (Å²) < 4.78 is 17.6. The summed E-state index contributed by atoms with van der Waals surface area (Å²) in [7, 11) is 0. The van der Waals surface area contributed by atoms with Crippen molar-refractivity contribution in [2.75, 3.05) is 0 Å². The fourth-order valence-corrected chi connectivity index (χ4v) is 1.01. The lowest BCUT2D eigenvalue weighted by molar-refractivity contribution is 0.244. The molecule has 0 fully saturated rings. The van der Waals surface area contributed by atoms with Crippen LogP contribution in [0.5, 0.6) is 0 Å². The van der Waals surface area contributed by atoms with Crippen molar-refractivity contribution in [2.45, 2.75) is 6.61 Å². The molecule has 0 aliphatic rings. The number of halogens is 1. The molecule has 1 N–H and O–H groups in total. The maximum atomic E-state index is 12.6. The number of aliphatic hydroxyl groups excluding tert-OH is 1. The van der Waals surface area contributed by atoms with E-state index in [4.69, 9.17) is 9.52 Å². The minimum Gasteiger partial charge on any atom is -0.438 e. The topological polar surface area (TPSA) is 46.3 Å². The quantitative estimate of drug-likeness (QED) is 0.699. The molecule has 0 amide bonds. The van der Waals surface area contributed by atoms with Gasteiger partial charge in [0.25, 0.3) is 0 Å². The molecule has 62 valence electrons. The van der Waals surface area contributed by atoms with Crippen molar-refractivity contribution in [3.05, 3.63) is 29.9 Å². The Kier molecular flexibility index (Phi) is 1.55. The van der Waals surface area contributed by atoms with E-state index in [2.05, 4.69) is 4.98 Å². The summed E-state index contributed by atoms with van der Waals surface area (Å²) in [5, 5.41) is 8.66. The number of benzene rings is 1. The molecule has 0 unspecified atom stereocenters. The first-order chi connectivity index (χ1) is 5.79. The highest BCUT2D eigenvalue weighted by Gasteiger charge is 2.04. The van der Waals surface area contributed by atoms with E-state index in [0.717, 1.165) is 0 Å². The maximum Gasteiger partial charge on any atom is 0.221 e. The molecule has 0 aliphatic heterocycles. The molecule has 0 spiro atoms. The molecule has 3 nitrogen and oxygen atoms in total. The third-order valence-corrected chi connectivity index (χ3v) is 1.53. The lowest BCUT2D eigenvalue weighted by Crippen LogP contribution is -1.78. The highest BCUT2D eigenvalue weighted by Crippen LogP contribution is 2.16. The fourth-order valence-electron chi connectivity index (χ4n) is 1.01. The van der Waals surface area contributed by atoms with Crippen molar-refractivity contribution in [2.24, 2.45) is 0 Å². The number of rotatable bonds is 1. The van der Waals surface area contributed by atoms with Crippen molar-refractivity contribution >= 4 is 11.1 Å². The average Bonchev–Trinajstić information content (AvgIpc) is 2.46. The van der Waals surface area contributed by atoms with Gasteiger partial charge in [-0.25, -0.2) is 9.37 Å². The molecule has 4 heteroatoms. The second-order valence-electron chi connectivity index (χ2n) is 2.38. The van der Waals surface area contributed by atoms with Crippen LogP contribution in [0.25, 0.3) is 11.1 Å². The predicted molar refractivity (Wildman–Crippen MR) is 39.9 cm³/mol. The molecule has 1 aromatic carbocycles. The van der Waals surface area contributed by atoms with Crippen molar-refractivity contribution in [1.29, 1.82) is 0 Å². The second-order valence-corrected chi connectivity index (χ2v) is 2.38. The summed E-state index contributed by atoms with van der Waals surface area (Å²) in [6.45, 7) is -0.268. The van der Waals surface area contributed by atoms with Crippen LogP contribution in [0.2, 0.25) is 0 Å². The first-order valence-corrected chi connectivity index (χ1v) is 3.45. The van der Waals surface area contributed by atoms with Crippen LogP contribution in [-0.2, 0) is 6.61 Å². The zero-order valence-corrected chi connectivity index (χ0v) is 6.12. The number of nitrogens with zero attached hydrogens (tertiary/aromatic N) is 1. The summed E-state index contributed by atoms with van der Waals surface area (Å²) in [5.74, 6) is -0.168. The molecule has 1 heterocycles. The Labute approximate surface area is 67.5 Å². The van der Waals surface area contributed by atoms with Gasteiger partial charge in [0.2, 0.25) is 5.89 Å². The van der Waals surface area contributed by atoms with Gasteiger partial charge in [-0.2, -0.15) is 0 Å². The van der Waals surface area contributed by atoms with E-state index in [-0.39, 0.29) is 18.3 Å². The average molecular weight is 167 g/mol. The molecule has 0 atom stereocenters. The molecule has 0 bridgehead atoms. The van der Waals surface area contributed by atoms with Gasteiger partial charge in [0.1, 0.15) is 17.9 Å². The third-order valence-electron chi connectivity index (χ3n) is 1.53. The molecule has 0 radical (unpaired) electrons. The van der Waals surface area contributed by atoms with Crippen molar-refractivity contribution in [1.82, 2.24) is 4.98 Å². The van der Waals surface area contributed by atoms with Crippen LogP contribution in [0, 0.1) is 5.82 Å². The van der Waals surface area contributed by atoms with Gasteiger partial charge in [-0.1, -0.05) is 0 Å². The minimum atomic E-state index is -0.372. The molecule has 0 aliphatic carbocycles. The van der Waals surface area contributed by atoms with E-state index in [0.29, 0.717) is 11.1 Å². The lowest BCUT2D eigenvalue weighted by Gasteiger charge is -1.84. The summed E-state index contributed by atoms with van der Waals surface area (Å²) in [4.78, 5) is 3.89. The number of hydrogen-bond donors (Lipinski definition) is 1. The third kappa shape index (κ3) is 1.06. The first kappa shape index (κ1) is 7.24. The van der Waals surface area contributed by atoms with Gasteiger partial charge in [0.15, 0.2) is 5.58 Å².